The van der Waals surface area contributed by atoms with Gasteiger partial charge in [0.2, 0.25) is 0 Å². The number of rotatable bonds is 4. The van der Waals surface area contributed by atoms with Crippen molar-refractivity contribution in [2.45, 2.75) is 32.2 Å². The van der Waals surface area contributed by atoms with Gasteiger partial charge in [0.05, 0.1) is 0 Å². The van der Waals surface area contributed by atoms with Crippen LogP contribution in [0.25, 0.3) is 0 Å². The Bertz CT molecular complexity index is 93.3. The first kappa shape index (κ1) is 9.92. The van der Waals surface area contributed by atoms with Crippen molar-refractivity contribution in [2.24, 2.45) is 0 Å². The number of hydrogen-bond donors (Lipinski definition) is 1. The predicted octanol–water partition coefficient (Wildman–Crippen LogP) is 1.10. The van der Waals surface area contributed by atoms with E-state index in [0.29, 0.717) is 0 Å². The highest BCUT2D eigenvalue weighted by atomic mass is 16.3. The summed E-state index contributed by atoms with van der Waals surface area (Å²) >= 11 is 0. The zero-order valence-corrected chi connectivity index (χ0v) is 7.52. The molecule has 1 atom stereocenters. The molecule has 0 aromatic heterocycles. The standard InChI is InChI=1S/C8H19NO/c1-5-8(2,6-7-10)9(3)4/h10H,5-7H2,1-4H3. The third-order valence-corrected chi connectivity index (χ3v) is 2.49. The molecule has 0 spiro atoms. The molecule has 0 radical (unpaired) electrons. The SMILES string of the molecule is CCC(C)(CCO)N(C)C. The van der Waals surface area contributed by atoms with Crippen LogP contribution in [0.2, 0.25) is 0 Å². The van der Waals surface area contributed by atoms with Crippen molar-refractivity contribution in [3.63, 3.8) is 0 Å². The fourth-order valence-electron chi connectivity index (χ4n) is 0.957. The van der Waals surface area contributed by atoms with Crippen LogP contribution < -0.4 is 0 Å². The van der Waals surface area contributed by atoms with E-state index in [1.807, 2.05) is 0 Å². The van der Waals surface area contributed by atoms with Gasteiger partial charge in [-0.2, -0.15) is 0 Å². The average molecular weight is 145 g/mol. The van der Waals surface area contributed by atoms with Crippen LogP contribution in [0.5, 0.6) is 0 Å². The molecule has 0 rings (SSSR count). The van der Waals surface area contributed by atoms with E-state index in [2.05, 4.69) is 32.8 Å². The highest BCUT2D eigenvalue weighted by Crippen LogP contribution is 2.19. The van der Waals surface area contributed by atoms with Crippen LogP contribution in [0, 0.1) is 0 Å². The Morgan fingerprint density at radius 3 is 2.00 bits per heavy atom. The van der Waals surface area contributed by atoms with Crippen molar-refractivity contribution in [1.29, 1.82) is 0 Å². The van der Waals surface area contributed by atoms with Crippen LogP contribution >= 0.6 is 0 Å². The second kappa shape index (κ2) is 3.94. The Morgan fingerprint density at radius 1 is 1.40 bits per heavy atom. The molecule has 0 aromatic rings. The molecule has 0 bridgehead atoms. The summed E-state index contributed by atoms with van der Waals surface area (Å²) in [6.45, 7) is 4.60. The van der Waals surface area contributed by atoms with E-state index < -0.39 is 0 Å². The van der Waals surface area contributed by atoms with Crippen molar-refractivity contribution in [3.8, 4) is 0 Å². The third kappa shape index (κ3) is 2.27. The van der Waals surface area contributed by atoms with Gasteiger partial charge in [0, 0.05) is 12.1 Å². The summed E-state index contributed by atoms with van der Waals surface area (Å²) in [5.41, 5.74) is 0.175. The molecule has 0 saturated carbocycles. The van der Waals surface area contributed by atoms with Gasteiger partial charge >= 0.3 is 0 Å². The van der Waals surface area contributed by atoms with Crippen molar-refractivity contribution >= 4 is 0 Å². The predicted molar refractivity (Wildman–Crippen MR) is 44.1 cm³/mol. The van der Waals surface area contributed by atoms with Crippen LogP contribution in [-0.2, 0) is 0 Å². The van der Waals surface area contributed by atoms with Crippen LogP contribution in [0.15, 0.2) is 0 Å². The van der Waals surface area contributed by atoms with E-state index in [9.17, 15) is 0 Å². The minimum atomic E-state index is 0.175. The minimum absolute atomic E-state index is 0.175. The molecule has 0 amide bonds. The molecule has 0 aromatic carbocycles. The van der Waals surface area contributed by atoms with Crippen LogP contribution in [0.3, 0.4) is 0 Å². The quantitative estimate of drug-likeness (QED) is 0.640. The maximum Gasteiger partial charge on any atom is 0.0448 e. The van der Waals surface area contributed by atoms with Crippen LogP contribution in [-0.4, -0.2) is 36.2 Å². The molecule has 62 valence electrons. The zero-order chi connectivity index (χ0) is 8.20. The summed E-state index contributed by atoms with van der Waals surface area (Å²) in [4.78, 5) is 2.17. The summed E-state index contributed by atoms with van der Waals surface area (Å²) in [5, 5.41) is 8.76. The fourth-order valence-corrected chi connectivity index (χ4v) is 0.957. The molecular weight excluding hydrogens is 126 g/mol. The van der Waals surface area contributed by atoms with E-state index >= 15 is 0 Å². The summed E-state index contributed by atoms with van der Waals surface area (Å²) in [6.07, 6.45) is 1.94. The van der Waals surface area contributed by atoms with Gasteiger partial charge in [-0.25, -0.2) is 0 Å². The molecular formula is C8H19NO. The lowest BCUT2D eigenvalue weighted by Gasteiger charge is -2.35. The number of aliphatic hydroxyl groups excluding tert-OH is 1. The van der Waals surface area contributed by atoms with Gasteiger partial charge in [0.15, 0.2) is 0 Å². The van der Waals surface area contributed by atoms with E-state index in [-0.39, 0.29) is 12.1 Å². The van der Waals surface area contributed by atoms with E-state index in [1.165, 1.54) is 0 Å². The smallest absolute Gasteiger partial charge is 0.0448 e. The van der Waals surface area contributed by atoms with E-state index in [1.54, 1.807) is 0 Å². The summed E-state index contributed by atoms with van der Waals surface area (Å²) in [6, 6.07) is 0. The van der Waals surface area contributed by atoms with Crippen molar-refractivity contribution in [3.05, 3.63) is 0 Å². The van der Waals surface area contributed by atoms with Gasteiger partial charge in [0.25, 0.3) is 0 Å². The molecule has 1 unspecified atom stereocenters. The molecule has 0 aliphatic carbocycles. The summed E-state index contributed by atoms with van der Waals surface area (Å²) in [5.74, 6) is 0. The topological polar surface area (TPSA) is 23.5 Å². The summed E-state index contributed by atoms with van der Waals surface area (Å²) < 4.78 is 0. The van der Waals surface area contributed by atoms with E-state index in [0.717, 1.165) is 12.8 Å². The van der Waals surface area contributed by atoms with Gasteiger partial charge in [-0.15, -0.1) is 0 Å². The lowest BCUT2D eigenvalue weighted by molar-refractivity contribution is 0.121. The number of aliphatic hydroxyl groups is 1. The Hall–Kier alpha value is -0.0800. The monoisotopic (exact) mass is 145 g/mol. The molecule has 0 heterocycles. The first-order valence-electron chi connectivity index (χ1n) is 3.85. The first-order valence-corrected chi connectivity index (χ1v) is 3.85. The summed E-state index contributed by atoms with van der Waals surface area (Å²) in [7, 11) is 4.11. The van der Waals surface area contributed by atoms with Gasteiger partial charge in [0.1, 0.15) is 0 Å². The Morgan fingerprint density at radius 2 is 1.90 bits per heavy atom. The molecule has 10 heavy (non-hydrogen) atoms. The molecule has 2 nitrogen and oxygen atoms in total. The van der Waals surface area contributed by atoms with Gasteiger partial charge in [-0.1, -0.05) is 6.92 Å². The second-order valence-electron chi connectivity index (χ2n) is 3.22. The van der Waals surface area contributed by atoms with Gasteiger partial charge in [-0.3, -0.25) is 0 Å². The van der Waals surface area contributed by atoms with Crippen molar-refractivity contribution < 1.29 is 5.11 Å². The lowest BCUT2D eigenvalue weighted by atomic mass is 9.94. The third-order valence-electron chi connectivity index (χ3n) is 2.49. The molecule has 0 aliphatic rings. The maximum absolute atomic E-state index is 8.76. The first-order chi connectivity index (χ1) is 4.56. The Labute approximate surface area is 63.8 Å². The van der Waals surface area contributed by atoms with Crippen molar-refractivity contribution in [2.75, 3.05) is 20.7 Å². The van der Waals surface area contributed by atoms with E-state index in [4.69, 9.17) is 5.11 Å². The normalized spacial score (nSPS) is 17.4. The average Bonchev–Trinajstić information content (AvgIpc) is 1.88. The number of hydrogen-bond acceptors (Lipinski definition) is 2. The lowest BCUT2D eigenvalue weighted by Crippen LogP contribution is -2.41. The van der Waals surface area contributed by atoms with Gasteiger partial charge in [-0.05, 0) is 33.9 Å². The highest BCUT2D eigenvalue weighted by Gasteiger charge is 2.23. The molecule has 0 aliphatic heterocycles. The maximum atomic E-state index is 8.76. The minimum Gasteiger partial charge on any atom is -0.396 e. The highest BCUT2D eigenvalue weighted by molar-refractivity contribution is 4.80. The molecule has 0 fully saturated rings. The van der Waals surface area contributed by atoms with Crippen molar-refractivity contribution in [1.82, 2.24) is 4.90 Å². The largest absolute Gasteiger partial charge is 0.396 e. The Balaban J connectivity index is 3.94. The second-order valence-corrected chi connectivity index (χ2v) is 3.22. The molecule has 1 N–H and O–H groups in total. The molecule has 0 saturated heterocycles. The zero-order valence-electron chi connectivity index (χ0n) is 7.52. The van der Waals surface area contributed by atoms with Crippen LogP contribution in [0.1, 0.15) is 26.7 Å². The Kier molecular flexibility index (Phi) is 3.91. The van der Waals surface area contributed by atoms with Crippen LogP contribution in [0.4, 0.5) is 0 Å². The number of nitrogens with zero attached hydrogens (tertiary/aromatic N) is 1. The fraction of sp³-hybridized carbons (Fsp3) is 1.00. The molecule has 2 heteroatoms. The van der Waals surface area contributed by atoms with Gasteiger partial charge < -0.3 is 10.0 Å².